The fourth-order valence-electron chi connectivity index (χ4n) is 3.94. The van der Waals surface area contributed by atoms with Crippen molar-refractivity contribution in [2.75, 3.05) is 60.0 Å². The Labute approximate surface area is 190 Å². The highest BCUT2D eigenvalue weighted by molar-refractivity contribution is 5.75. The van der Waals surface area contributed by atoms with Crippen molar-refractivity contribution < 1.29 is 18.7 Å². The molecule has 1 aliphatic heterocycles. The molecule has 1 amide bonds. The van der Waals surface area contributed by atoms with Gasteiger partial charge in [0, 0.05) is 51.3 Å². The summed E-state index contributed by atoms with van der Waals surface area (Å²) in [7, 11) is 3.21. The molecule has 1 fully saturated rings. The van der Waals surface area contributed by atoms with E-state index >= 15 is 0 Å². The first-order valence-electron chi connectivity index (χ1n) is 11.4. The average molecular weight is 445 g/mol. The van der Waals surface area contributed by atoms with E-state index in [1.54, 1.807) is 14.2 Å². The van der Waals surface area contributed by atoms with Crippen LogP contribution in [0.25, 0.3) is 11.5 Å². The monoisotopic (exact) mass is 444 g/mol. The van der Waals surface area contributed by atoms with Gasteiger partial charge in [0.15, 0.2) is 11.5 Å². The third kappa shape index (κ3) is 6.46. The Balaban J connectivity index is 1.41. The van der Waals surface area contributed by atoms with Crippen LogP contribution < -0.4 is 14.8 Å². The van der Waals surface area contributed by atoms with E-state index in [0.717, 1.165) is 62.7 Å². The number of carbonyl (C=O) groups excluding carboxylic acids is 1. The fraction of sp³-hybridized carbons (Fsp3) is 0.583. The number of amides is 1. The van der Waals surface area contributed by atoms with Crippen LogP contribution in [-0.4, -0.2) is 80.7 Å². The van der Waals surface area contributed by atoms with Crippen LogP contribution in [0.5, 0.6) is 11.5 Å². The zero-order chi connectivity index (χ0) is 22.9. The summed E-state index contributed by atoms with van der Waals surface area (Å²) in [5.74, 6) is 2.71. The van der Waals surface area contributed by atoms with Crippen molar-refractivity contribution in [1.82, 2.24) is 20.1 Å². The number of rotatable bonds is 11. The molecular formula is C24H36N4O4. The number of ether oxygens (including phenoxy) is 2. The van der Waals surface area contributed by atoms with Crippen molar-refractivity contribution in [3.05, 3.63) is 29.7 Å². The van der Waals surface area contributed by atoms with Gasteiger partial charge in [-0.15, -0.1) is 0 Å². The van der Waals surface area contributed by atoms with Gasteiger partial charge in [-0.2, -0.15) is 0 Å². The van der Waals surface area contributed by atoms with Gasteiger partial charge in [-0.25, -0.2) is 4.98 Å². The lowest BCUT2D eigenvalue weighted by atomic mass is 10.1. The Morgan fingerprint density at radius 1 is 1.12 bits per heavy atom. The second-order valence-corrected chi connectivity index (χ2v) is 8.07. The zero-order valence-corrected chi connectivity index (χ0v) is 19.8. The molecule has 0 radical (unpaired) electrons. The van der Waals surface area contributed by atoms with E-state index in [1.807, 2.05) is 25.1 Å². The van der Waals surface area contributed by atoms with E-state index in [-0.39, 0.29) is 5.91 Å². The van der Waals surface area contributed by atoms with Crippen LogP contribution in [-0.2, 0) is 11.2 Å². The van der Waals surface area contributed by atoms with Crippen LogP contribution in [0.15, 0.2) is 22.6 Å². The molecule has 1 aromatic heterocycles. The maximum absolute atomic E-state index is 12.2. The summed E-state index contributed by atoms with van der Waals surface area (Å²) in [5, 5.41) is 3.05. The quantitative estimate of drug-likeness (QED) is 0.571. The summed E-state index contributed by atoms with van der Waals surface area (Å²) in [5.41, 5.74) is 1.71. The minimum Gasteiger partial charge on any atom is -0.493 e. The maximum atomic E-state index is 12.2. The van der Waals surface area contributed by atoms with Crippen molar-refractivity contribution in [2.24, 2.45) is 0 Å². The molecule has 1 aliphatic rings. The molecule has 0 unspecified atom stereocenters. The smallest absolute Gasteiger partial charge is 0.226 e. The molecule has 2 heterocycles. The predicted molar refractivity (Wildman–Crippen MR) is 124 cm³/mol. The van der Waals surface area contributed by atoms with Crippen molar-refractivity contribution >= 4 is 5.91 Å². The molecule has 2 aromatic rings. The minimum absolute atomic E-state index is 0.0958. The number of likely N-dealkylation sites (N-methyl/N-ethyl adjacent to an activating group) is 1. The molecule has 8 heteroatoms. The van der Waals surface area contributed by atoms with Gasteiger partial charge < -0.3 is 24.1 Å². The number of hydrogen-bond acceptors (Lipinski definition) is 7. The molecule has 0 saturated carbocycles. The van der Waals surface area contributed by atoms with Gasteiger partial charge in [0.25, 0.3) is 0 Å². The molecule has 32 heavy (non-hydrogen) atoms. The third-order valence-electron chi connectivity index (χ3n) is 6.00. The molecule has 1 saturated heterocycles. The topological polar surface area (TPSA) is 80.1 Å². The zero-order valence-electron chi connectivity index (χ0n) is 19.8. The summed E-state index contributed by atoms with van der Waals surface area (Å²) in [6.45, 7) is 11.2. The SMILES string of the molecule is CCN1CCN(CCNC(=O)CCCc2nc(-c3ccc(OC)c(OC)c3)oc2C)CC1. The Morgan fingerprint density at radius 3 is 2.53 bits per heavy atom. The van der Waals surface area contributed by atoms with E-state index in [9.17, 15) is 4.79 Å². The van der Waals surface area contributed by atoms with Crippen LogP contribution in [0.1, 0.15) is 31.2 Å². The highest BCUT2D eigenvalue weighted by Crippen LogP contribution is 2.32. The number of benzene rings is 1. The first-order valence-corrected chi connectivity index (χ1v) is 11.4. The molecule has 0 atom stereocenters. The summed E-state index contributed by atoms with van der Waals surface area (Å²) in [6.07, 6.45) is 1.93. The molecule has 0 spiro atoms. The van der Waals surface area contributed by atoms with Gasteiger partial charge in [-0.05, 0) is 44.5 Å². The number of nitrogens with one attached hydrogen (secondary N) is 1. The Hall–Kier alpha value is -2.58. The largest absolute Gasteiger partial charge is 0.493 e. The van der Waals surface area contributed by atoms with E-state index in [2.05, 4.69) is 27.0 Å². The number of aryl methyl sites for hydroxylation is 2. The van der Waals surface area contributed by atoms with Gasteiger partial charge in [0.2, 0.25) is 11.8 Å². The van der Waals surface area contributed by atoms with Crippen LogP contribution in [0.4, 0.5) is 0 Å². The van der Waals surface area contributed by atoms with E-state index < -0.39 is 0 Å². The number of methoxy groups -OCH3 is 2. The normalized spacial score (nSPS) is 15.0. The Kier molecular flexibility index (Phi) is 8.93. The summed E-state index contributed by atoms with van der Waals surface area (Å²) in [4.78, 5) is 21.7. The molecule has 1 N–H and O–H groups in total. The van der Waals surface area contributed by atoms with Crippen molar-refractivity contribution in [1.29, 1.82) is 0 Å². The first kappa shape index (κ1) is 24.1. The van der Waals surface area contributed by atoms with E-state index in [1.165, 1.54) is 0 Å². The van der Waals surface area contributed by atoms with Gasteiger partial charge in [0.1, 0.15) is 5.76 Å². The number of carbonyl (C=O) groups is 1. The number of hydrogen-bond donors (Lipinski definition) is 1. The van der Waals surface area contributed by atoms with Crippen LogP contribution in [0.3, 0.4) is 0 Å². The molecule has 8 nitrogen and oxygen atoms in total. The Morgan fingerprint density at radius 2 is 1.84 bits per heavy atom. The number of piperazine rings is 1. The first-order chi connectivity index (χ1) is 15.5. The lowest BCUT2D eigenvalue weighted by Gasteiger charge is -2.33. The summed E-state index contributed by atoms with van der Waals surface area (Å²) in [6, 6.07) is 5.58. The highest BCUT2D eigenvalue weighted by atomic mass is 16.5. The molecular weight excluding hydrogens is 408 g/mol. The van der Waals surface area contributed by atoms with Crippen LogP contribution in [0.2, 0.25) is 0 Å². The molecule has 1 aromatic carbocycles. The van der Waals surface area contributed by atoms with Gasteiger partial charge >= 0.3 is 0 Å². The summed E-state index contributed by atoms with van der Waals surface area (Å²) >= 11 is 0. The molecule has 3 rings (SSSR count). The number of aromatic nitrogens is 1. The predicted octanol–water partition coefficient (Wildman–Crippen LogP) is 2.74. The van der Waals surface area contributed by atoms with Gasteiger partial charge in [-0.3, -0.25) is 9.69 Å². The third-order valence-corrected chi connectivity index (χ3v) is 6.00. The molecule has 0 aliphatic carbocycles. The van der Waals surface area contributed by atoms with E-state index in [4.69, 9.17) is 13.9 Å². The van der Waals surface area contributed by atoms with Crippen molar-refractivity contribution in [2.45, 2.75) is 33.1 Å². The number of oxazole rings is 1. The number of nitrogens with zero attached hydrogens (tertiary/aromatic N) is 3. The molecule has 176 valence electrons. The van der Waals surface area contributed by atoms with Crippen LogP contribution in [0, 0.1) is 6.92 Å². The lowest BCUT2D eigenvalue weighted by Crippen LogP contribution is -2.48. The fourth-order valence-corrected chi connectivity index (χ4v) is 3.94. The average Bonchev–Trinajstić information content (AvgIpc) is 3.19. The standard InChI is InChI=1S/C24H36N4O4/c1-5-27-13-15-28(16-14-27)12-11-25-23(29)8-6-7-20-18(2)32-24(26-20)19-9-10-21(30-3)22(17-19)31-4/h9-10,17H,5-8,11-16H2,1-4H3,(H,25,29). The Bertz CT molecular complexity index is 875. The lowest BCUT2D eigenvalue weighted by molar-refractivity contribution is -0.121. The minimum atomic E-state index is 0.0958. The highest BCUT2D eigenvalue weighted by Gasteiger charge is 2.16. The summed E-state index contributed by atoms with van der Waals surface area (Å²) < 4.78 is 16.5. The molecule has 0 bridgehead atoms. The second-order valence-electron chi connectivity index (χ2n) is 8.07. The van der Waals surface area contributed by atoms with Gasteiger partial charge in [-0.1, -0.05) is 6.92 Å². The van der Waals surface area contributed by atoms with Gasteiger partial charge in [0.05, 0.1) is 19.9 Å². The van der Waals surface area contributed by atoms with Crippen LogP contribution >= 0.6 is 0 Å². The van der Waals surface area contributed by atoms with E-state index in [0.29, 0.717) is 36.8 Å². The maximum Gasteiger partial charge on any atom is 0.226 e. The second kappa shape index (κ2) is 11.9. The van der Waals surface area contributed by atoms with Crippen molar-refractivity contribution in [3.63, 3.8) is 0 Å². The van der Waals surface area contributed by atoms with Crippen molar-refractivity contribution in [3.8, 4) is 23.0 Å².